The van der Waals surface area contributed by atoms with Crippen molar-refractivity contribution in [2.24, 2.45) is 0 Å². The van der Waals surface area contributed by atoms with Gasteiger partial charge in [0.1, 0.15) is 0 Å². The van der Waals surface area contributed by atoms with E-state index in [-0.39, 0.29) is 11.2 Å². The lowest BCUT2D eigenvalue weighted by atomic mass is 10.2. The molecule has 1 saturated heterocycles. The van der Waals surface area contributed by atoms with Crippen molar-refractivity contribution in [3.05, 3.63) is 58.8 Å². The molecular weight excluding hydrogens is 398 g/mol. The molecule has 2 heterocycles. The highest BCUT2D eigenvalue weighted by Gasteiger charge is 2.25. The third-order valence-electron chi connectivity index (χ3n) is 4.38. The maximum Gasteiger partial charge on any atom is 0.235 e. The number of piperazine rings is 1. The van der Waals surface area contributed by atoms with Gasteiger partial charge in [-0.15, -0.1) is 11.8 Å². The van der Waals surface area contributed by atoms with E-state index in [0.717, 1.165) is 36.4 Å². The highest BCUT2D eigenvalue weighted by atomic mass is 79.9. The lowest BCUT2D eigenvalue weighted by molar-refractivity contribution is -0.130. The second-order valence-electron chi connectivity index (χ2n) is 6.10. The van der Waals surface area contributed by atoms with Gasteiger partial charge in [-0.25, -0.2) is 0 Å². The second-order valence-corrected chi connectivity index (χ2v) is 8.34. The molecule has 132 valence electrons. The highest BCUT2D eigenvalue weighted by molar-refractivity contribution is 9.10. The van der Waals surface area contributed by atoms with Crippen molar-refractivity contribution in [2.45, 2.75) is 17.9 Å². The Kier molecular flexibility index (Phi) is 6.37. The summed E-state index contributed by atoms with van der Waals surface area (Å²) in [6.45, 7) is 5.33. The lowest BCUT2D eigenvalue weighted by Crippen LogP contribution is -2.50. The number of rotatable bonds is 5. The summed E-state index contributed by atoms with van der Waals surface area (Å²) < 4.78 is 1.08. The van der Waals surface area contributed by atoms with Crippen molar-refractivity contribution in [1.82, 2.24) is 9.88 Å². The number of carbonyl (C=O) groups excluding carboxylic acids is 1. The van der Waals surface area contributed by atoms with Crippen LogP contribution in [0.5, 0.6) is 0 Å². The van der Waals surface area contributed by atoms with Gasteiger partial charge < -0.3 is 9.80 Å². The molecule has 0 bridgehead atoms. The molecule has 25 heavy (non-hydrogen) atoms. The van der Waals surface area contributed by atoms with Crippen LogP contribution in [0.2, 0.25) is 0 Å². The Morgan fingerprint density at radius 3 is 2.40 bits per heavy atom. The average molecular weight is 420 g/mol. The summed E-state index contributed by atoms with van der Waals surface area (Å²) in [4.78, 5) is 21.1. The number of anilines is 1. The molecule has 0 saturated carbocycles. The summed E-state index contributed by atoms with van der Waals surface area (Å²) >= 11 is 5.15. The van der Waals surface area contributed by atoms with Crippen molar-refractivity contribution in [1.29, 1.82) is 0 Å². The molecule has 0 spiro atoms. The number of aromatic nitrogens is 1. The molecule has 1 aliphatic heterocycles. The van der Waals surface area contributed by atoms with Crippen LogP contribution in [-0.4, -0.2) is 47.2 Å². The minimum absolute atomic E-state index is 0.0175. The first-order chi connectivity index (χ1) is 12.1. The van der Waals surface area contributed by atoms with Gasteiger partial charge in [-0.05, 0) is 36.8 Å². The summed E-state index contributed by atoms with van der Waals surface area (Å²) in [5.74, 6) is 1.11. The fourth-order valence-electron chi connectivity index (χ4n) is 2.87. The summed E-state index contributed by atoms with van der Waals surface area (Å²) in [7, 11) is 0. The zero-order chi connectivity index (χ0) is 17.6. The van der Waals surface area contributed by atoms with E-state index in [9.17, 15) is 4.79 Å². The van der Waals surface area contributed by atoms with Crippen LogP contribution < -0.4 is 4.90 Å². The minimum Gasteiger partial charge on any atom is -0.368 e. The van der Waals surface area contributed by atoms with E-state index >= 15 is 0 Å². The third-order valence-corrected chi connectivity index (χ3v) is 6.11. The van der Waals surface area contributed by atoms with Gasteiger partial charge >= 0.3 is 0 Å². The fraction of sp³-hybridized carbons (Fsp3) is 0.368. The zero-order valence-corrected chi connectivity index (χ0v) is 16.7. The van der Waals surface area contributed by atoms with Crippen LogP contribution >= 0.6 is 27.7 Å². The van der Waals surface area contributed by atoms with Crippen molar-refractivity contribution < 1.29 is 4.79 Å². The van der Waals surface area contributed by atoms with Gasteiger partial charge in [0.05, 0.1) is 5.25 Å². The molecular formula is C19H22BrN3OS. The SMILES string of the molecule is C[C@H](SCc1ccc(Br)cc1)C(=O)N1CCN(c2ccncc2)CC1. The van der Waals surface area contributed by atoms with E-state index in [2.05, 4.69) is 37.9 Å². The number of carbonyl (C=O) groups is 1. The number of thioether (sulfide) groups is 1. The van der Waals surface area contributed by atoms with Crippen LogP contribution in [0.3, 0.4) is 0 Å². The van der Waals surface area contributed by atoms with Gasteiger partial charge in [0.25, 0.3) is 0 Å². The van der Waals surface area contributed by atoms with Gasteiger partial charge in [-0.2, -0.15) is 0 Å². The van der Waals surface area contributed by atoms with E-state index in [4.69, 9.17) is 0 Å². The van der Waals surface area contributed by atoms with Crippen LogP contribution in [0.15, 0.2) is 53.3 Å². The third kappa shape index (κ3) is 4.98. The largest absolute Gasteiger partial charge is 0.368 e. The molecule has 1 amide bonds. The average Bonchev–Trinajstić information content (AvgIpc) is 2.67. The normalized spacial score (nSPS) is 15.9. The van der Waals surface area contributed by atoms with Crippen LogP contribution in [0.4, 0.5) is 5.69 Å². The van der Waals surface area contributed by atoms with E-state index in [1.807, 2.05) is 48.5 Å². The second kappa shape index (κ2) is 8.72. The van der Waals surface area contributed by atoms with Crippen LogP contribution in [0, 0.1) is 0 Å². The number of hydrogen-bond acceptors (Lipinski definition) is 4. The summed E-state index contributed by atoms with van der Waals surface area (Å²) in [6, 6.07) is 12.3. The molecule has 4 nitrogen and oxygen atoms in total. The smallest absolute Gasteiger partial charge is 0.235 e. The van der Waals surface area contributed by atoms with Gasteiger partial charge in [0, 0.05) is 54.5 Å². The van der Waals surface area contributed by atoms with Gasteiger partial charge in [-0.3, -0.25) is 9.78 Å². The maximum atomic E-state index is 12.7. The van der Waals surface area contributed by atoms with Crippen molar-refractivity contribution in [2.75, 3.05) is 31.1 Å². The first-order valence-electron chi connectivity index (χ1n) is 8.43. The van der Waals surface area contributed by atoms with E-state index < -0.39 is 0 Å². The monoisotopic (exact) mass is 419 g/mol. The first kappa shape index (κ1) is 18.3. The molecule has 6 heteroatoms. The Morgan fingerprint density at radius 1 is 1.12 bits per heavy atom. The Hall–Kier alpha value is -1.53. The molecule has 1 aromatic heterocycles. The molecule has 0 N–H and O–H groups in total. The lowest BCUT2D eigenvalue weighted by Gasteiger charge is -2.37. The number of pyridine rings is 1. The molecule has 0 radical (unpaired) electrons. The highest BCUT2D eigenvalue weighted by Crippen LogP contribution is 2.22. The topological polar surface area (TPSA) is 36.4 Å². The van der Waals surface area contributed by atoms with Crippen molar-refractivity contribution in [3.63, 3.8) is 0 Å². The molecule has 1 atom stereocenters. The predicted molar refractivity (Wildman–Crippen MR) is 108 cm³/mol. The van der Waals surface area contributed by atoms with Gasteiger partial charge in [-0.1, -0.05) is 28.1 Å². The van der Waals surface area contributed by atoms with Gasteiger partial charge in [0.15, 0.2) is 0 Å². The van der Waals surface area contributed by atoms with Crippen LogP contribution in [0.1, 0.15) is 12.5 Å². The summed E-state index contributed by atoms with van der Waals surface area (Å²) in [6.07, 6.45) is 3.63. The Labute approximate surface area is 161 Å². The van der Waals surface area contributed by atoms with Crippen molar-refractivity contribution >= 4 is 39.3 Å². The molecule has 1 aromatic carbocycles. The Bertz CT molecular complexity index is 688. The van der Waals surface area contributed by atoms with Crippen LogP contribution in [0.25, 0.3) is 0 Å². The summed E-state index contributed by atoms with van der Waals surface area (Å²) in [5.41, 5.74) is 2.43. The van der Waals surface area contributed by atoms with Crippen molar-refractivity contribution in [3.8, 4) is 0 Å². The Morgan fingerprint density at radius 2 is 1.76 bits per heavy atom. The molecule has 0 aliphatic carbocycles. The Balaban J connectivity index is 1.47. The zero-order valence-electron chi connectivity index (χ0n) is 14.3. The molecule has 1 fully saturated rings. The molecule has 1 aliphatic rings. The molecule has 3 rings (SSSR count). The fourth-order valence-corrected chi connectivity index (χ4v) is 4.06. The minimum atomic E-state index is -0.0175. The molecule has 0 unspecified atom stereocenters. The van der Waals surface area contributed by atoms with Gasteiger partial charge in [0.2, 0.25) is 5.91 Å². The summed E-state index contributed by atoms with van der Waals surface area (Å²) in [5, 5.41) is -0.0175. The number of halogens is 1. The maximum absolute atomic E-state index is 12.7. The molecule has 2 aromatic rings. The van der Waals surface area contributed by atoms with E-state index in [0.29, 0.717) is 0 Å². The predicted octanol–water partition coefficient (Wildman–Crippen LogP) is 3.81. The van der Waals surface area contributed by atoms with E-state index in [1.54, 1.807) is 11.8 Å². The number of amides is 1. The standard InChI is InChI=1S/C19H22BrN3OS/c1-15(25-14-16-2-4-17(20)5-3-16)19(24)23-12-10-22(11-13-23)18-6-8-21-9-7-18/h2-9,15H,10-14H2,1H3/t15-/m0/s1. The number of hydrogen-bond donors (Lipinski definition) is 0. The van der Waals surface area contributed by atoms with E-state index in [1.165, 1.54) is 11.3 Å². The quantitative estimate of drug-likeness (QED) is 0.737. The van der Waals surface area contributed by atoms with Crippen LogP contribution in [-0.2, 0) is 10.5 Å². The number of benzene rings is 1. The number of nitrogens with zero attached hydrogens (tertiary/aromatic N) is 3. The first-order valence-corrected chi connectivity index (χ1v) is 10.3.